The molecule has 10 rings (SSSR count). The molecule has 0 saturated carbocycles. The van der Waals surface area contributed by atoms with Crippen molar-refractivity contribution in [2.24, 2.45) is 0 Å². The third-order valence-corrected chi connectivity index (χ3v) is 11.9. The Morgan fingerprint density at radius 2 is 0.935 bits per heavy atom. The van der Waals surface area contributed by atoms with E-state index >= 15 is 0 Å². The van der Waals surface area contributed by atoms with Crippen LogP contribution in [0.1, 0.15) is 0 Å². The number of rotatable bonds is 3. The highest BCUT2D eigenvalue weighted by Crippen LogP contribution is 2.50. The molecule has 0 N–H and O–H groups in total. The average Bonchev–Trinajstić information content (AvgIpc) is 3.73. The first-order chi connectivity index (χ1) is 22.8. The van der Waals surface area contributed by atoms with E-state index < -0.39 is 0 Å². The molecule has 0 nitrogen and oxygen atoms in total. The maximum Gasteiger partial charge on any atom is 0.0534 e. The molecule has 0 amide bonds. The minimum atomic E-state index is 1.26. The monoisotopic (exact) mass is 618 g/mol. The number of fused-ring (bicyclic) bond motifs is 8. The molecule has 0 aliphatic rings. The van der Waals surface area contributed by atoms with Crippen LogP contribution in [0.25, 0.3) is 96.0 Å². The molecule has 2 aromatic heterocycles. The summed E-state index contributed by atoms with van der Waals surface area (Å²) in [6.07, 6.45) is 0. The van der Waals surface area contributed by atoms with Crippen molar-refractivity contribution in [2.45, 2.75) is 0 Å². The van der Waals surface area contributed by atoms with Gasteiger partial charge in [-0.15, -0.1) is 22.7 Å². The molecule has 0 aliphatic carbocycles. The largest absolute Gasteiger partial charge is 0.142 e. The Balaban J connectivity index is 1.28. The first kappa shape index (κ1) is 26.0. The van der Waals surface area contributed by atoms with E-state index in [0.29, 0.717) is 0 Å². The molecular formula is C44H26S2. The van der Waals surface area contributed by atoms with Crippen LogP contribution in [0, 0.1) is 0 Å². The molecule has 10 aromatic rings. The van der Waals surface area contributed by atoms with Gasteiger partial charge in [-0.25, -0.2) is 0 Å². The maximum atomic E-state index is 2.35. The lowest BCUT2D eigenvalue weighted by atomic mass is 9.85. The van der Waals surface area contributed by atoms with Gasteiger partial charge in [-0.1, -0.05) is 146 Å². The Morgan fingerprint density at radius 3 is 1.70 bits per heavy atom. The molecule has 0 atom stereocenters. The number of benzene rings is 8. The summed E-state index contributed by atoms with van der Waals surface area (Å²) < 4.78 is 4.12. The summed E-state index contributed by atoms with van der Waals surface area (Å²) in [4.78, 5) is 0. The van der Waals surface area contributed by atoms with Crippen molar-refractivity contribution in [1.82, 2.24) is 0 Å². The molecular weight excluding hydrogens is 593 g/mol. The molecule has 0 radical (unpaired) electrons. The molecule has 0 fully saturated rings. The van der Waals surface area contributed by atoms with Crippen molar-refractivity contribution >= 4 is 85.2 Å². The van der Waals surface area contributed by atoms with E-state index in [-0.39, 0.29) is 0 Å². The van der Waals surface area contributed by atoms with Gasteiger partial charge in [0.25, 0.3) is 0 Å². The average molecular weight is 619 g/mol. The van der Waals surface area contributed by atoms with Crippen molar-refractivity contribution in [3.8, 4) is 33.4 Å². The van der Waals surface area contributed by atoms with Crippen LogP contribution < -0.4 is 0 Å². The minimum Gasteiger partial charge on any atom is -0.142 e. The predicted octanol–water partition coefficient (Wildman–Crippen LogP) is 13.7. The summed E-state index contributed by atoms with van der Waals surface area (Å²) in [6.45, 7) is 0. The van der Waals surface area contributed by atoms with E-state index in [1.54, 1.807) is 0 Å². The van der Waals surface area contributed by atoms with Crippen LogP contribution in [0.15, 0.2) is 157 Å². The van der Waals surface area contributed by atoms with E-state index in [1.165, 1.54) is 96.0 Å². The lowest BCUT2D eigenvalue weighted by Gasteiger charge is -2.18. The number of hydrogen-bond donors (Lipinski definition) is 0. The lowest BCUT2D eigenvalue weighted by molar-refractivity contribution is 1.69. The first-order valence-electron chi connectivity index (χ1n) is 15.7. The Kier molecular flexibility index (Phi) is 5.72. The van der Waals surface area contributed by atoms with E-state index in [4.69, 9.17) is 0 Å². The van der Waals surface area contributed by atoms with Crippen LogP contribution in [0.4, 0.5) is 0 Å². The second kappa shape index (κ2) is 10.1. The molecule has 2 heterocycles. The van der Waals surface area contributed by atoms with E-state index in [2.05, 4.69) is 157 Å². The summed E-state index contributed by atoms with van der Waals surface area (Å²) in [7, 11) is 0. The van der Waals surface area contributed by atoms with Crippen LogP contribution in [-0.2, 0) is 0 Å². The Labute approximate surface area is 274 Å². The first-order valence-corrected chi connectivity index (χ1v) is 17.4. The van der Waals surface area contributed by atoms with Gasteiger partial charge in [-0.05, 0) is 66.0 Å². The second-order valence-electron chi connectivity index (χ2n) is 12.0. The fourth-order valence-electron chi connectivity index (χ4n) is 7.46. The predicted molar refractivity (Wildman–Crippen MR) is 204 cm³/mol. The molecule has 214 valence electrons. The Bertz CT molecular complexity index is 2740. The van der Waals surface area contributed by atoms with Crippen molar-refractivity contribution < 1.29 is 0 Å². The van der Waals surface area contributed by atoms with Gasteiger partial charge >= 0.3 is 0 Å². The highest BCUT2D eigenvalue weighted by atomic mass is 32.1. The van der Waals surface area contributed by atoms with Gasteiger partial charge in [0.05, 0.1) is 9.40 Å². The van der Waals surface area contributed by atoms with Crippen molar-refractivity contribution in [1.29, 1.82) is 0 Å². The summed E-state index contributed by atoms with van der Waals surface area (Å²) >= 11 is 3.82. The van der Waals surface area contributed by atoms with E-state index in [9.17, 15) is 0 Å². The molecule has 8 aromatic carbocycles. The second-order valence-corrected chi connectivity index (χ2v) is 13.9. The van der Waals surface area contributed by atoms with Crippen LogP contribution in [0.3, 0.4) is 0 Å². The SMILES string of the molecule is c1ccc(-c2csc3c2ccc2c4cccc(-c5c6ccccc6c(-c6ccc7ccccc7c6)c6ccccc56)c4sc23)cc1. The fraction of sp³-hybridized carbons (Fsp3) is 0. The maximum absolute atomic E-state index is 2.35. The molecule has 0 spiro atoms. The zero-order valence-corrected chi connectivity index (χ0v) is 26.5. The van der Waals surface area contributed by atoms with Crippen LogP contribution in [0.5, 0.6) is 0 Å². The quantitative estimate of drug-likeness (QED) is 0.173. The Hall–Kier alpha value is -5.28. The molecule has 0 aliphatic heterocycles. The molecule has 2 heteroatoms. The summed E-state index contributed by atoms with van der Waals surface area (Å²) in [5.41, 5.74) is 7.79. The van der Waals surface area contributed by atoms with Crippen LogP contribution >= 0.6 is 22.7 Å². The molecule has 46 heavy (non-hydrogen) atoms. The van der Waals surface area contributed by atoms with Gasteiger partial charge in [0.1, 0.15) is 0 Å². The lowest BCUT2D eigenvalue weighted by Crippen LogP contribution is -1.91. The zero-order chi connectivity index (χ0) is 30.2. The highest BCUT2D eigenvalue weighted by Gasteiger charge is 2.20. The van der Waals surface area contributed by atoms with Crippen molar-refractivity contribution in [3.05, 3.63) is 157 Å². The van der Waals surface area contributed by atoms with E-state index in [1.807, 2.05) is 22.7 Å². The van der Waals surface area contributed by atoms with Gasteiger partial charge in [-0.2, -0.15) is 0 Å². The molecule has 0 saturated heterocycles. The topological polar surface area (TPSA) is 0 Å². The summed E-state index contributed by atoms with van der Waals surface area (Å²) in [5, 5.41) is 14.0. The number of thiophene rings is 2. The van der Waals surface area contributed by atoms with Gasteiger partial charge in [0, 0.05) is 32.0 Å². The van der Waals surface area contributed by atoms with Crippen molar-refractivity contribution in [3.63, 3.8) is 0 Å². The fourth-order valence-corrected chi connectivity index (χ4v) is 10.0. The number of hydrogen-bond acceptors (Lipinski definition) is 2. The summed E-state index contributed by atoms with van der Waals surface area (Å²) in [6, 6.07) is 55.9. The highest BCUT2D eigenvalue weighted by molar-refractivity contribution is 7.31. The van der Waals surface area contributed by atoms with Crippen LogP contribution in [0.2, 0.25) is 0 Å². The van der Waals surface area contributed by atoms with Gasteiger partial charge in [-0.3, -0.25) is 0 Å². The smallest absolute Gasteiger partial charge is 0.0534 e. The summed E-state index contributed by atoms with van der Waals surface area (Å²) in [5.74, 6) is 0. The molecule has 0 bridgehead atoms. The minimum absolute atomic E-state index is 1.26. The van der Waals surface area contributed by atoms with Gasteiger partial charge in [0.2, 0.25) is 0 Å². The zero-order valence-electron chi connectivity index (χ0n) is 24.8. The molecule has 0 unspecified atom stereocenters. The van der Waals surface area contributed by atoms with Crippen molar-refractivity contribution in [2.75, 3.05) is 0 Å². The van der Waals surface area contributed by atoms with Gasteiger partial charge in [0.15, 0.2) is 0 Å². The van der Waals surface area contributed by atoms with E-state index in [0.717, 1.165) is 0 Å². The third-order valence-electron chi connectivity index (χ3n) is 9.53. The third kappa shape index (κ3) is 3.78. The normalized spacial score (nSPS) is 11.9. The standard InChI is InChI=1S/C44H26S2/c1-2-12-28(13-3-1)39-26-45-43-37(39)24-23-36-35-19-10-20-38(42(35)46-44(36)43)41-33-17-8-6-15-31(33)40(32-16-7-9-18-34(32)41)30-22-21-27-11-4-5-14-29(27)25-30/h1-26H. The van der Waals surface area contributed by atoms with Crippen LogP contribution in [-0.4, -0.2) is 0 Å². The van der Waals surface area contributed by atoms with Gasteiger partial charge < -0.3 is 0 Å². The Morgan fingerprint density at radius 1 is 0.326 bits per heavy atom.